The van der Waals surface area contributed by atoms with Gasteiger partial charge in [0.05, 0.1) is 19.8 Å². The van der Waals surface area contributed by atoms with E-state index >= 15 is 0 Å². The number of ether oxygens (including phenoxy) is 7. The van der Waals surface area contributed by atoms with Gasteiger partial charge < -0.3 is 40.6 Å². The molecule has 14 N–H and O–H groups in total. The summed E-state index contributed by atoms with van der Waals surface area (Å²) in [5, 5.41) is 71.5. The van der Waals surface area contributed by atoms with Crippen LogP contribution >= 0.6 is 66.3 Å². The number of rotatable bonds is 49. The van der Waals surface area contributed by atoms with Gasteiger partial charge in [0.2, 0.25) is 0 Å². The Morgan fingerprint density at radius 2 is 0.789 bits per heavy atom. The van der Waals surface area contributed by atoms with Crippen molar-refractivity contribution in [2.45, 2.75) is 107 Å². The molecule has 3 fully saturated rings. The monoisotopic (exact) mass is 2060 g/mol. The van der Waals surface area contributed by atoms with Crippen molar-refractivity contribution in [1.82, 2.24) is 44.6 Å². The first-order valence-corrected chi connectivity index (χ1v) is 56.4. The molecule has 3 aromatic carbocycles. The first-order valence-electron chi connectivity index (χ1n) is 39.1. The van der Waals surface area contributed by atoms with Crippen molar-refractivity contribution in [3.05, 3.63) is 193 Å². The minimum Gasteiger partial charge on any atom is -0.367 e. The normalized spacial score (nSPS) is 18.5. The molecule has 3 aromatic heterocycles. The molecule has 3 saturated heterocycles. The molecule has 0 bridgehead atoms. The summed E-state index contributed by atoms with van der Waals surface area (Å²) < 4.78 is 149. The van der Waals surface area contributed by atoms with Crippen LogP contribution < -0.4 is 84.8 Å². The number of amides is 1. The molecule has 0 saturated carbocycles. The predicted molar refractivity (Wildman–Crippen MR) is 454 cm³/mol. The summed E-state index contributed by atoms with van der Waals surface area (Å²) in [6.07, 6.45) is -1.11. The van der Waals surface area contributed by atoms with Crippen LogP contribution in [0.15, 0.2) is 126 Å². The van der Waals surface area contributed by atoms with E-state index in [1.54, 1.807) is 0 Å². The SMILES string of the molecule is NCCOCC#CCc1cn([C@H]2CC[C@@H](COP(OO)(OOO)([P+](=O)[O-])[P+](=O)[O-])O2)c(=O)[nH]c1=O.O=C(NCCNCCOCC#CCc1cn([C@H]2CC[C@@H](COP(OO)(OOO)([P+](=O)[O-])[P+](=O)[O-])O2)c(=O)[nH]c1=O)OCC1c2ccccc2-c2ccccc21.O=c1[nH]c(=O)n([C@H]2CC[C@@H](COP(OO)(OOO)([P+](=O)[O-])[P+](=O)[O-])O2)cc1CC#CCOCCNCCc1ccccc1.[HH].[HH].[HH]. The molecule has 63 heteroatoms. The molecule has 4 aliphatic rings. The van der Waals surface area contributed by atoms with Gasteiger partial charge in [-0.1, -0.05) is 78.9 Å². The Balaban J connectivity index is 0.000000366. The van der Waals surface area contributed by atoms with E-state index in [0.29, 0.717) is 52.5 Å². The summed E-state index contributed by atoms with van der Waals surface area (Å²) in [5.41, 5.74) is 7.15. The standard InChI is InChI=1S/C32H37N4O16P3.C23H30N3O14P3.C15H22N3O14P3.3H2/c37-30-22(19-36(31(38)35-30)29-13-12-23(49-29)20-48-55(51-41,52-50-40,53(42)43)54(44)45)7-5-6-17-46-18-16-33-14-15-34-32(39)47-21-28-26-10-3-1-8-24(26)25-9-2-4-11-27(25)28;27-22-19(8-4-5-14-35-15-13-24-12-11-18-6-2-1-3-7-18)16-26(23(28)25-22)21-10-9-20(37-21)17-36-43(39-30,40-38-29,41(31)32)42(33)34;16-6-8-27-7-2-1-3-11-9-18(15(20)17-14(11)19)13-5-4-12(29-13)10-28-35(31-22,32-30-21,33(23)24)34(25)26;;;/h1-4,8-11,19,23,28-29,33,40-41H,7,12-18,20-21H2,(H,34,39)(H,35,37,38);1-3,6-7,16,20-21,24,29-30H,8-15,17H2,(H,25,27,28);9,12-13,21-22H,3-8,10,16H2,(H,17,19,20);3*1H/t23-,29+;20-,21+;12-,13+;;;/m000.../s1. The number of carbonyl (C=O) groups is 1. The van der Waals surface area contributed by atoms with Gasteiger partial charge in [0.15, 0.2) is 0 Å². The van der Waals surface area contributed by atoms with E-state index in [-0.39, 0.29) is 111 Å². The van der Waals surface area contributed by atoms with Crippen LogP contribution in [0.3, 0.4) is 0 Å². The van der Waals surface area contributed by atoms with Crippen LogP contribution in [0.2, 0.25) is 0 Å². The molecule has 6 unspecified atom stereocenters. The topological polar surface area (TPSA) is 781 Å². The maximum absolute atomic E-state index is 12.5. The third-order valence-corrected chi connectivity index (χ3v) is 48.6. The molecule has 12 atom stereocenters. The molecular formula is C70H95N10O44P9. The number of aromatic nitrogens is 6. The second-order valence-electron chi connectivity index (χ2n) is 27.8. The third kappa shape index (κ3) is 28.0. The predicted octanol–water partition coefficient (Wildman–Crippen LogP) is 2.77. The number of benzene rings is 3. The van der Waals surface area contributed by atoms with Gasteiger partial charge in [0.1, 0.15) is 6.61 Å². The van der Waals surface area contributed by atoms with Crippen molar-refractivity contribution in [2.24, 2.45) is 5.73 Å². The molecule has 734 valence electrons. The summed E-state index contributed by atoms with van der Waals surface area (Å²) in [6.45, 7) is -17.1. The molecule has 6 aromatic rings. The number of aromatic amines is 3. The number of alkyl carbamates (subject to hydrolysis) is 1. The van der Waals surface area contributed by atoms with Crippen molar-refractivity contribution in [3.8, 4) is 46.6 Å². The quantitative estimate of drug-likeness (QED) is 0.00858. The number of nitrogens with one attached hydrogen (secondary N) is 6. The Labute approximate surface area is 759 Å². The van der Waals surface area contributed by atoms with Crippen LogP contribution in [-0.4, -0.2) is 190 Å². The smallest absolute Gasteiger partial charge is 0.367 e. The zero-order valence-corrected chi connectivity index (χ0v) is 77.4. The summed E-state index contributed by atoms with van der Waals surface area (Å²) in [4.78, 5) is 163. The van der Waals surface area contributed by atoms with Crippen LogP contribution in [0.4, 0.5) is 4.79 Å². The van der Waals surface area contributed by atoms with Gasteiger partial charge in [0.25, 0.3) is 0 Å². The molecule has 0 radical (unpaired) electrons. The van der Waals surface area contributed by atoms with E-state index in [4.69, 9.17) is 84.0 Å². The fourth-order valence-corrected chi connectivity index (χ4v) is 26.2. The van der Waals surface area contributed by atoms with Gasteiger partial charge in [-0.15, -0.1) is 0 Å². The second kappa shape index (κ2) is 53.2. The first-order chi connectivity index (χ1) is 63.8. The summed E-state index contributed by atoms with van der Waals surface area (Å²) in [5.74, 6) is 16.6. The zero-order valence-electron chi connectivity index (χ0n) is 69.3. The van der Waals surface area contributed by atoms with Crippen LogP contribution in [0.25, 0.3) is 11.1 Å². The van der Waals surface area contributed by atoms with Crippen molar-refractivity contribution in [2.75, 3.05) is 105 Å². The van der Waals surface area contributed by atoms with Gasteiger partial charge in [-0.05, 0) is 40.8 Å². The maximum atomic E-state index is 12.5. The van der Waals surface area contributed by atoms with Crippen LogP contribution in [0.5, 0.6) is 0 Å². The Morgan fingerprint density at radius 3 is 1.13 bits per heavy atom. The van der Waals surface area contributed by atoms with E-state index in [2.05, 4.69) is 146 Å². The summed E-state index contributed by atoms with van der Waals surface area (Å²) in [6, 6.07) is 26.3. The second-order valence-corrected chi connectivity index (χ2v) is 58.3. The average Bonchev–Trinajstić information content (AvgIpc) is 0.869. The van der Waals surface area contributed by atoms with E-state index in [9.17, 15) is 90.3 Å². The Kier molecular flexibility index (Phi) is 44.2. The van der Waals surface area contributed by atoms with Gasteiger partial charge in [-0.3, -0.25) is 0 Å². The minimum absolute atomic E-state index is 0. The molecule has 10 rings (SSSR count). The summed E-state index contributed by atoms with van der Waals surface area (Å²) >= 11 is 0. The molecule has 1 amide bonds. The number of hydrogen-bond acceptors (Lipinski definition) is 47. The van der Waals surface area contributed by atoms with Gasteiger partial charge in [-0.2, -0.15) is 0 Å². The number of hydrogen-bond donors (Lipinski definition) is 13. The average molecular weight is 2060 g/mol. The van der Waals surface area contributed by atoms with E-state index in [0.717, 1.165) is 48.9 Å². The van der Waals surface area contributed by atoms with Gasteiger partial charge in [0, 0.05) is 42.9 Å². The molecule has 1 aliphatic carbocycles. The molecular weight excluding hydrogens is 1960 g/mol. The molecule has 133 heavy (non-hydrogen) atoms. The number of carbonyl (C=O) groups excluding carboxylic acids is 1. The minimum atomic E-state index is -6.48. The van der Waals surface area contributed by atoms with Crippen molar-refractivity contribution in [1.29, 1.82) is 0 Å². The van der Waals surface area contributed by atoms with Crippen molar-refractivity contribution >= 4 is 72.4 Å². The molecule has 0 spiro atoms. The molecule has 3 aliphatic heterocycles. The van der Waals surface area contributed by atoms with Crippen LogP contribution in [0, 0.1) is 35.5 Å². The molecule has 6 heterocycles. The number of nitrogens with two attached hydrogens (primary N) is 1. The zero-order chi connectivity index (χ0) is 96.9. The Morgan fingerprint density at radius 1 is 0.451 bits per heavy atom. The molecule has 54 nitrogen and oxygen atoms in total. The Bertz CT molecular complexity index is 5560. The Hall–Kier alpha value is -7.78. The number of H-pyrrole nitrogens is 3. The van der Waals surface area contributed by atoms with Crippen molar-refractivity contribution in [3.63, 3.8) is 0 Å². The van der Waals surface area contributed by atoms with Crippen LogP contribution in [-0.2, 0) is 143 Å². The van der Waals surface area contributed by atoms with Crippen molar-refractivity contribution < 1.29 is 187 Å². The number of nitrogens with zero attached hydrogens (tertiary/aromatic N) is 3. The van der Waals surface area contributed by atoms with E-state index in [1.165, 1.54) is 24.2 Å². The number of fused-ring (bicyclic) bond motifs is 3. The first kappa shape index (κ1) is 111. The van der Waals surface area contributed by atoms with E-state index < -0.39 is 163 Å². The fourth-order valence-electron chi connectivity index (χ4n) is 12.8. The summed E-state index contributed by atoms with van der Waals surface area (Å²) in [7, 11) is -26.0. The van der Waals surface area contributed by atoms with Gasteiger partial charge in [-0.25, -0.2) is 4.79 Å². The van der Waals surface area contributed by atoms with Crippen LogP contribution in [0.1, 0.15) is 101 Å². The fraction of sp³-hybridized carbons (Fsp3) is 0.471. The third-order valence-electron chi connectivity index (χ3n) is 19.5. The van der Waals surface area contributed by atoms with E-state index in [1.807, 2.05) is 42.5 Å². The van der Waals surface area contributed by atoms with Gasteiger partial charge >= 0.3 is 528 Å².